The Hall–Kier alpha value is -2.28. The van der Waals surface area contributed by atoms with E-state index in [-0.39, 0.29) is 17.7 Å². The Labute approximate surface area is 158 Å². The number of carbonyl (C=O) groups is 2. The van der Waals surface area contributed by atoms with E-state index in [1.165, 1.54) is 11.3 Å². The van der Waals surface area contributed by atoms with E-state index >= 15 is 0 Å². The summed E-state index contributed by atoms with van der Waals surface area (Å²) >= 11 is 1.37. The molecule has 26 heavy (non-hydrogen) atoms. The Morgan fingerprint density at radius 2 is 1.81 bits per heavy atom. The first kappa shape index (κ1) is 20.0. The number of nitrogens with zero attached hydrogens (tertiary/aromatic N) is 2. The summed E-state index contributed by atoms with van der Waals surface area (Å²) < 4.78 is 0. The lowest BCUT2D eigenvalue weighted by molar-refractivity contribution is -0.118. The molecule has 1 aromatic carbocycles. The van der Waals surface area contributed by atoms with Gasteiger partial charge in [-0.3, -0.25) is 14.9 Å². The summed E-state index contributed by atoms with van der Waals surface area (Å²) in [7, 11) is 0. The van der Waals surface area contributed by atoms with Gasteiger partial charge in [0.2, 0.25) is 11.0 Å². The van der Waals surface area contributed by atoms with E-state index in [2.05, 4.69) is 34.7 Å². The molecule has 0 fully saturated rings. The van der Waals surface area contributed by atoms with Gasteiger partial charge in [-0.15, -0.1) is 10.2 Å². The second kappa shape index (κ2) is 8.89. The van der Waals surface area contributed by atoms with Gasteiger partial charge in [0.1, 0.15) is 11.0 Å². The van der Waals surface area contributed by atoms with Crippen LogP contribution in [0.15, 0.2) is 24.3 Å². The molecule has 2 aromatic rings. The van der Waals surface area contributed by atoms with Crippen LogP contribution in [-0.4, -0.2) is 28.1 Å². The molecule has 0 aliphatic carbocycles. The Morgan fingerprint density at radius 3 is 2.42 bits per heavy atom. The standard InChI is InChI=1S/C19H26N4O2S/c1-11(2)10-15-22-23-19(26-15)21-18(25)16(12(3)4)20-17(24)14-9-7-6-8-13(14)5/h6-9,11-12,16H,10H2,1-5H3,(H,20,24)(H,21,23,25). The van der Waals surface area contributed by atoms with Gasteiger partial charge in [0.25, 0.3) is 5.91 Å². The quantitative estimate of drug-likeness (QED) is 0.777. The number of rotatable bonds is 7. The van der Waals surface area contributed by atoms with Gasteiger partial charge in [-0.1, -0.05) is 57.2 Å². The van der Waals surface area contributed by atoms with E-state index in [0.717, 1.165) is 17.0 Å². The molecular weight excluding hydrogens is 348 g/mol. The second-order valence-electron chi connectivity index (χ2n) is 7.10. The molecule has 0 aliphatic heterocycles. The molecule has 1 unspecified atom stereocenters. The molecule has 0 saturated heterocycles. The van der Waals surface area contributed by atoms with Crippen molar-refractivity contribution in [2.75, 3.05) is 5.32 Å². The number of aryl methyl sites for hydroxylation is 1. The summed E-state index contributed by atoms with van der Waals surface area (Å²) in [5, 5.41) is 15.1. The smallest absolute Gasteiger partial charge is 0.252 e. The van der Waals surface area contributed by atoms with Crippen molar-refractivity contribution in [1.29, 1.82) is 0 Å². The molecule has 2 N–H and O–H groups in total. The summed E-state index contributed by atoms with van der Waals surface area (Å²) in [4.78, 5) is 25.2. The third-order valence-corrected chi connectivity index (χ3v) is 4.77. The number of benzene rings is 1. The third-order valence-electron chi connectivity index (χ3n) is 3.91. The van der Waals surface area contributed by atoms with Crippen LogP contribution in [-0.2, 0) is 11.2 Å². The van der Waals surface area contributed by atoms with Crippen LogP contribution in [0.4, 0.5) is 5.13 Å². The predicted molar refractivity (Wildman–Crippen MR) is 104 cm³/mol. The minimum Gasteiger partial charge on any atom is -0.340 e. The summed E-state index contributed by atoms with van der Waals surface area (Å²) in [6.07, 6.45) is 0.825. The highest BCUT2D eigenvalue weighted by Gasteiger charge is 2.26. The van der Waals surface area contributed by atoms with Gasteiger partial charge < -0.3 is 5.32 Å². The van der Waals surface area contributed by atoms with Gasteiger partial charge in [0.15, 0.2) is 0 Å². The van der Waals surface area contributed by atoms with E-state index in [0.29, 0.717) is 16.6 Å². The molecular formula is C19H26N4O2S. The monoisotopic (exact) mass is 374 g/mol. The lowest BCUT2D eigenvalue weighted by atomic mass is 10.0. The molecule has 2 amide bonds. The van der Waals surface area contributed by atoms with Crippen molar-refractivity contribution >= 4 is 28.3 Å². The molecule has 2 rings (SSSR count). The SMILES string of the molecule is Cc1ccccc1C(=O)NC(C(=O)Nc1nnc(CC(C)C)s1)C(C)C. The molecule has 0 aliphatic rings. The molecule has 0 spiro atoms. The van der Waals surface area contributed by atoms with Crippen LogP contribution in [0.3, 0.4) is 0 Å². The van der Waals surface area contributed by atoms with Crippen molar-refractivity contribution in [3.05, 3.63) is 40.4 Å². The molecule has 140 valence electrons. The third kappa shape index (κ3) is 5.36. The first-order valence-electron chi connectivity index (χ1n) is 8.77. The fourth-order valence-corrected chi connectivity index (χ4v) is 3.46. The fraction of sp³-hybridized carbons (Fsp3) is 0.474. The van der Waals surface area contributed by atoms with Crippen LogP contribution in [0.5, 0.6) is 0 Å². The zero-order chi connectivity index (χ0) is 19.3. The Morgan fingerprint density at radius 1 is 1.12 bits per heavy atom. The largest absolute Gasteiger partial charge is 0.340 e. The summed E-state index contributed by atoms with van der Waals surface area (Å²) in [6, 6.07) is 6.66. The van der Waals surface area contributed by atoms with Gasteiger partial charge >= 0.3 is 0 Å². The van der Waals surface area contributed by atoms with Gasteiger partial charge in [0, 0.05) is 12.0 Å². The molecule has 1 heterocycles. The van der Waals surface area contributed by atoms with Crippen molar-refractivity contribution in [3.63, 3.8) is 0 Å². The maximum atomic E-state index is 12.7. The van der Waals surface area contributed by atoms with Crippen molar-refractivity contribution < 1.29 is 9.59 Å². The minimum atomic E-state index is -0.653. The summed E-state index contributed by atoms with van der Waals surface area (Å²) in [5.74, 6) is -0.127. The van der Waals surface area contributed by atoms with Crippen LogP contribution < -0.4 is 10.6 Å². The van der Waals surface area contributed by atoms with Crippen molar-refractivity contribution in [2.24, 2.45) is 11.8 Å². The molecule has 0 saturated carbocycles. The first-order chi connectivity index (χ1) is 12.3. The van der Waals surface area contributed by atoms with Gasteiger partial charge in [0.05, 0.1) is 0 Å². The normalized spacial score (nSPS) is 12.3. The number of amides is 2. The average Bonchev–Trinajstić information content (AvgIpc) is 2.98. The van der Waals surface area contributed by atoms with E-state index < -0.39 is 6.04 Å². The number of hydrogen-bond acceptors (Lipinski definition) is 5. The highest BCUT2D eigenvalue weighted by Crippen LogP contribution is 2.19. The number of anilines is 1. The van der Waals surface area contributed by atoms with Crippen molar-refractivity contribution in [1.82, 2.24) is 15.5 Å². The van der Waals surface area contributed by atoms with Gasteiger partial charge in [-0.05, 0) is 30.4 Å². The number of aromatic nitrogens is 2. The molecule has 6 nitrogen and oxygen atoms in total. The minimum absolute atomic E-state index is 0.0639. The molecule has 1 atom stereocenters. The first-order valence-corrected chi connectivity index (χ1v) is 9.59. The number of hydrogen-bond donors (Lipinski definition) is 2. The van der Waals surface area contributed by atoms with Crippen LogP contribution in [0.25, 0.3) is 0 Å². The van der Waals surface area contributed by atoms with Crippen LogP contribution >= 0.6 is 11.3 Å². The van der Waals surface area contributed by atoms with Crippen LogP contribution in [0, 0.1) is 18.8 Å². The average molecular weight is 375 g/mol. The second-order valence-corrected chi connectivity index (χ2v) is 8.16. The predicted octanol–water partition coefficient (Wildman–Crippen LogP) is 3.44. The van der Waals surface area contributed by atoms with E-state index in [1.807, 2.05) is 39.0 Å². The molecule has 0 radical (unpaired) electrons. The fourth-order valence-electron chi connectivity index (χ4n) is 2.50. The molecule has 0 bridgehead atoms. The van der Waals surface area contributed by atoms with E-state index in [1.54, 1.807) is 6.07 Å². The number of nitrogens with one attached hydrogen (secondary N) is 2. The van der Waals surface area contributed by atoms with E-state index in [9.17, 15) is 9.59 Å². The highest BCUT2D eigenvalue weighted by atomic mass is 32.1. The zero-order valence-electron chi connectivity index (χ0n) is 15.9. The topological polar surface area (TPSA) is 84.0 Å². The maximum Gasteiger partial charge on any atom is 0.252 e. The Bertz CT molecular complexity index is 770. The van der Waals surface area contributed by atoms with Crippen molar-refractivity contribution in [2.45, 2.75) is 47.1 Å². The lowest BCUT2D eigenvalue weighted by Crippen LogP contribution is -2.47. The van der Waals surface area contributed by atoms with Gasteiger partial charge in [-0.2, -0.15) is 0 Å². The van der Waals surface area contributed by atoms with Crippen LogP contribution in [0.1, 0.15) is 48.6 Å². The van der Waals surface area contributed by atoms with Gasteiger partial charge in [-0.25, -0.2) is 0 Å². The number of carbonyl (C=O) groups excluding carboxylic acids is 2. The van der Waals surface area contributed by atoms with Crippen molar-refractivity contribution in [3.8, 4) is 0 Å². The Kier molecular flexibility index (Phi) is 6.85. The molecule has 7 heteroatoms. The summed E-state index contributed by atoms with van der Waals surface area (Å²) in [5.41, 5.74) is 1.44. The maximum absolute atomic E-state index is 12.7. The van der Waals surface area contributed by atoms with Crippen LogP contribution in [0.2, 0.25) is 0 Å². The summed E-state index contributed by atoms with van der Waals surface area (Å²) in [6.45, 7) is 9.88. The van der Waals surface area contributed by atoms with E-state index in [4.69, 9.17) is 0 Å². The zero-order valence-corrected chi connectivity index (χ0v) is 16.7. The molecule has 1 aromatic heterocycles. The Balaban J connectivity index is 2.06. The lowest BCUT2D eigenvalue weighted by Gasteiger charge is -2.21. The highest BCUT2D eigenvalue weighted by molar-refractivity contribution is 7.15.